The molecule has 2 rings (SSSR count). The highest BCUT2D eigenvalue weighted by atomic mass is 16.2. The summed E-state index contributed by atoms with van der Waals surface area (Å²) in [6.07, 6.45) is 8.30. The molecule has 1 aliphatic carbocycles. The minimum atomic E-state index is 0.412. The zero-order valence-corrected chi connectivity index (χ0v) is 12.0. The van der Waals surface area contributed by atoms with Crippen molar-refractivity contribution in [1.82, 2.24) is 10.2 Å². The molecule has 0 bridgehead atoms. The molecule has 1 saturated heterocycles. The second-order valence-corrected chi connectivity index (χ2v) is 6.05. The first-order chi connectivity index (χ1) is 8.74. The summed E-state index contributed by atoms with van der Waals surface area (Å²) < 4.78 is 0. The van der Waals surface area contributed by atoms with Crippen LogP contribution in [0.2, 0.25) is 0 Å². The molecular weight excluding hydrogens is 224 g/mol. The van der Waals surface area contributed by atoms with Gasteiger partial charge in [0.25, 0.3) is 0 Å². The topological polar surface area (TPSA) is 32.3 Å². The van der Waals surface area contributed by atoms with Gasteiger partial charge in [-0.05, 0) is 38.1 Å². The third-order valence-electron chi connectivity index (χ3n) is 4.92. The van der Waals surface area contributed by atoms with Crippen molar-refractivity contribution in [3.8, 4) is 0 Å². The van der Waals surface area contributed by atoms with Crippen molar-refractivity contribution in [2.45, 2.75) is 57.9 Å². The Bertz CT molecular complexity index is 274. The van der Waals surface area contributed by atoms with Gasteiger partial charge in [0.2, 0.25) is 5.91 Å². The van der Waals surface area contributed by atoms with Crippen LogP contribution in [0, 0.1) is 11.8 Å². The maximum absolute atomic E-state index is 12.3. The first-order valence-corrected chi connectivity index (χ1v) is 7.69. The van der Waals surface area contributed by atoms with Crippen LogP contribution in [-0.4, -0.2) is 37.0 Å². The first kappa shape index (κ1) is 13.9. The molecule has 0 radical (unpaired) electrons. The van der Waals surface area contributed by atoms with E-state index in [1.165, 1.54) is 32.1 Å². The number of likely N-dealkylation sites (tertiary alicyclic amines) is 1. The van der Waals surface area contributed by atoms with Crippen LogP contribution in [0.15, 0.2) is 0 Å². The van der Waals surface area contributed by atoms with Crippen molar-refractivity contribution in [3.05, 3.63) is 0 Å². The van der Waals surface area contributed by atoms with E-state index in [4.69, 9.17) is 0 Å². The fourth-order valence-corrected chi connectivity index (χ4v) is 3.64. The van der Waals surface area contributed by atoms with E-state index >= 15 is 0 Å². The summed E-state index contributed by atoms with van der Waals surface area (Å²) in [5.41, 5.74) is 0. The SMILES string of the molecule is CCC1CN(C(=O)CC2CCCC2)CCC1NC. The molecule has 0 aromatic carbocycles. The van der Waals surface area contributed by atoms with Gasteiger partial charge >= 0.3 is 0 Å². The molecule has 1 aliphatic heterocycles. The third-order valence-corrected chi connectivity index (χ3v) is 4.92. The summed E-state index contributed by atoms with van der Waals surface area (Å²) in [7, 11) is 2.04. The number of nitrogens with zero attached hydrogens (tertiary/aromatic N) is 1. The van der Waals surface area contributed by atoms with Crippen LogP contribution in [-0.2, 0) is 4.79 Å². The van der Waals surface area contributed by atoms with E-state index in [9.17, 15) is 4.79 Å². The Hall–Kier alpha value is -0.570. The van der Waals surface area contributed by atoms with Gasteiger partial charge in [0.1, 0.15) is 0 Å². The molecule has 2 unspecified atom stereocenters. The average Bonchev–Trinajstić information content (AvgIpc) is 2.90. The monoisotopic (exact) mass is 252 g/mol. The lowest BCUT2D eigenvalue weighted by molar-refractivity contribution is -0.134. The molecule has 0 aromatic rings. The van der Waals surface area contributed by atoms with Gasteiger partial charge in [-0.3, -0.25) is 4.79 Å². The molecule has 2 aliphatic rings. The van der Waals surface area contributed by atoms with Gasteiger partial charge in [-0.2, -0.15) is 0 Å². The van der Waals surface area contributed by atoms with E-state index in [0.717, 1.165) is 25.9 Å². The molecule has 18 heavy (non-hydrogen) atoms. The Kier molecular flexibility index (Phi) is 5.04. The lowest BCUT2D eigenvalue weighted by atomic mass is 9.89. The molecule has 3 nitrogen and oxygen atoms in total. The predicted octanol–water partition coefficient (Wildman–Crippen LogP) is 2.41. The minimum absolute atomic E-state index is 0.412. The zero-order chi connectivity index (χ0) is 13.0. The van der Waals surface area contributed by atoms with Gasteiger partial charge in [0.15, 0.2) is 0 Å². The second kappa shape index (κ2) is 6.55. The molecule has 1 saturated carbocycles. The fourth-order valence-electron chi connectivity index (χ4n) is 3.64. The molecule has 3 heteroatoms. The predicted molar refractivity (Wildman–Crippen MR) is 74.4 cm³/mol. The van der Waals surface area contributed by atoms with E-state index in [-0.39, 0.29) is 0 Å². The van der Waals surface area contributed by atoms with Gasteiger partial charge in [0.05, 0.1) is 0 Å². The summed E-state index contributed by atoms with van der Waals surface area (Å²) in [4.78, 5) is 14.4. The van der Waals surface area contributed by atoms with Crippen molar-refractivity contribution < 1.29 is 4.79 Å². The Balaban J connectivity index is 1.83. The number of amides is 1. The van der Waals surface area contributed by atoms with Crippen molar-refractivity contribution in [3.63, 3.8) is 0 Å². The van der Waals surface area contributed by atoms with E-state index in [2.05, 4.69) is 17.1 Å². The normalized spacial score (nSPS) is 29.8. The van der Waals surface area contributed by atoms with Crippen LogP contribution in [0.1, 0.15) is 51.9 Å². The number of carbonyl (C=O) groups is 1. The largest absolute Gasteiger partial charge is 0.342 e. The smallest absolute Gasteiger partial charge is 0.222 e. The third kappa shape index (κ3) is 3.25. The van der Waals surface area contributed by atoms with Crippen molar-refractivity contribution in [2.75, 3.05) is 20.1 Å². The number of rotatable bonds is 4. The van der Waals surface area contributed by atoms with Crippen LogP contribution in [0.5, 0.6) is 0 Å². The maximum Gasteiger partial charge on any atom is 0.222 e. The van der Waals surface area contributed by atoms with Gasteiger partial charge in [-0.15, -0.1) is 0 Å². The quantitative estimate of drug-likeness (QED) is 0.833. The molecule has 1 amide bonds. The Morgan fingerprint density at radius 2 is 2.00 bits per heavy atom. The number of hydrogen-bond acceptors (Lipinski definition) is 2. The van der Waals surface area contributed by atoms with Crippen LogP contribution in [0.4, 0.5) is 0 Å². The number of hydrogen-bond donors (Lipinski definition) is 1. The van der Waals surface area contributed by atoms with Crippen molar-refractivity contribution in [2.24, 2.45) is 11.8 Å². The fraction of sp³-hybridized carbons (Fsp3) is 0.933. The number of piperidine rings is 1. The lowest BCUT2D eigenvalue weighted by Gasteiger charge is -2.38. The molecule has 0 spiro atoms. The summed E-state index contributed by atoms with van der Waals surface area (Å²) in [6.45, 7) is 4.15. The molecule has 2 atom stereocenters. The van der Waals surface area contributed by atoms with Crippen LogP contribution in [0.25, 0.3) is 0 Å². The summed E-state index contributed by atoms with van der Waals surface area (Å²) >= 11 is 0. The molecule has 1 heterocycles. The molecule has 0 aromatic heterocycles. The Morgan fingerprint density at radius 3 is 2.61 bits per heavy atom. The van der Waals surface area contributed by atoms with Gasteiger partial charge < -0.3 is 10.2 Å². The molecule has 1 N–H and O–H groups in total. The highest BCUT2D eigenvalue weighted by molar-refractivity contribution is 5.76. The standard InChI is InChI=1S/C15H28N2O/c1-3-13-11-17(9-8-14(13)16-2)15(18)10-12-6-4-5-7-12/h12-14,16H,3-11H2,1-2H3. The highest BCUT2D eigenvalue weighted by Gasteiger charge is 2.30. The summed E-state index contributed by atoms with van der Waals surface area (Å²) in [5, 5.41) is 3.40. The number of nitrogens with one attached hydrogen (secondary N) is 1. The van der Waals surface area contributed by atoms with Crippen LogP contribution < -0.4 is 5.32 Å². The number of carbonyl (C=O) groups excluding carboxylic acids is 1. The van der Waals surface area contributed by atoms with Crippen molar-refractivity contribution in [1.29, 1.82) is 0 Å². The van der Waals surface area contributed by atoms with E-state index in [1.54, 1.807) is 0 Å². The zero-order valence-electron chi connectivity index (χ0n) is 12.0. The molecule has 2 fully saturated rings. The van der Waals surface area contributed by atoms with E-state index in [0.29, 0.717) is 23.8 Å². The van der Waals surface area contributed by atoms with Crippen LogP contribution >= 0.6 is 0 Å². The van der Waals surface area contributed by atoms with E-state index < -0.39 is 0 Å². The highest BCUT2D eigenvalue weighted by Crippen LogP contribution is 2.29. The lowest BCUT2D eigenvalue weighted by Crippen LogP contribution is -2.50. The van der Waals surface area contributed by atoms with Crippen molar-refractivity contribution >= 4 is 5.91 Å². The van der Waals surface area contributed by atoms with Crippen LogP contribution in [0.3, 0.4) is 0 Å². The Morgan fingerprint density at radius 1 is 1.28 bits per heavy atom. The summed E-state index contributed by atoms with van der Waals surface area (Å²) in [5.74, 6) is 1.73. The first-order valence-electron chi connectivity index (χ1n) is 7.69. The Labute approximate surface area is 111 Å². The second-order valence-electron chi connectivity index (χ2n) is 6.05. The maximum atomic E-state index is 12.3. The van der Waals surface area contributed by atoms with Gasteiger partial charge in [0, 0.05) is 25.6 Å². The molecular formula is C15H28N2O. The minimum Gasteiger partial charge on any atom is -0.342 e. The average molecular weight is 252 g/mol. The van der Waals surface area contributed by atoms with E-state index in [1.807, 2.05) is 7.05 Å². The van der Waals surface area contributed by atoms with Gasteiger partial charge in [-0.1, -0.05) is 26.2 Å². The molecule has 104 valence electrons. The van der Waals surface area contributed by atoms with Gasteiger partial charge in [-0.25, -0.2) is 0 Å². The summed E-state index contributed by atoms with van der Waals surface area (Å²) in [6, 6.07) is 0.602.